The zero-order chi connectivity index (χ0) is 14.1. The second-order valence-electron chi connectivity index (χ2n) is 5.32. The van der Waals surface area contributed by atoms with Gasteiger partial charge in [0.15, 0.2) is 0 Å². The van der Waals surface area contributed by atoms with E-state index in [1.807, 2.05) is 0 Å². The quantitative estimate of drug-likeness (QED) is 0.687. The summed E-state index contributed by atoms with van der Waals surface area (Å²) in [5, 5.41) is 0. The van der Waals surface area contributed by atoms with Gasteiger partial charge in [0, 0.05) is 36.4 Å². The minimum atomic E-state index is -3.72. The number of hydrogen-bond acceptors (Lipinski definition) is 4. The fraction of sp³-hybridized carbons (Fsp3) is 0.900. The van der Waals surface area contributed by atoms with Crippen LogP contribution < -0.4 is 0 Å². The third-order valence-electron chi connectivity index (χ3n) is 2.53. The van der Waals surface area contributed by atoms with E-state index >= 15 is 0 Å². The Morgan fingerprint density at radius 3 is 2.28 bits per heavy atom. The van der Waals surface area contributed by atoms with Gasteiger partial charge in [-0.2, -0.15) is 12.7 Å². The van der Waals surface area contributed by atoms with E-state index in [0.29, 0.717) is 0 Å². The Labute approximate surface area is 112 Å². The van der Waals surface area contributed by atoms with Gasteiger partial charge in [0.05, 0.1) is 0 Å². The zero-order valence-corrected chi connectivity index (χ0v) is 12.6. The van der Waals surface area contributed by atoms with Crippen molar-refractivity contribution in [1.29, 1.82) is 0 Å². The van der Waals surface area contributed by atoms with Crippen LogP contribution in [0.4, 0.5) is 4.79 Å². The average molecular weight is 299 g/mol. The summed E-state index contributed by atoms with van der Waals surface area (Å²) in [6.07, 6.45) is -0.429. The van der Waals surface area contributed by atoms with Gasteiger partial charge in [-0.1, -0.05) is 0 Å². The van der Waals surface area contributed by atoms with Gasteiger partial charge in [0.1, 0.15) is 5.60 Å². The van der Waals surface area contributed by atoms with Crippen LogP contribution in [0.15, 0.2) is 0 Å². The van der Waals surface area contributed by atoms with Crippen LogP contribution in [0, 0.1) is 0 Å². The van der Waals surface area contributed by atoms with Crippen LogP contribution in [-0.2, 0) is 14.0 Å². The van der Waals surface area contributed by atoms with Crippen molar-refractivity contribution in [2.24, 2.45) is 0 Å². The number of amides is 1. The highest BCUT2D eigenvalue weighted by atomic mass is 35.7. The maximum Gasteiger partial charge on any atom is 0.410 e. The van der Waals surface area contributed by atoms with Gasteiger partial charge >= 0.3 is 6.09 Å². The lowest BCUT2D eigenvalue weighted by Gasteiger charge is -2.38. The van der Waals surface area contributed by atoms with Gasteiger partial charge in [0.25, 0.3) is 9.24 Å². The first-order valence-corrected chi connectivity index (χ1v) is 7.96. The summed E-state index contributed by atoms with van der Waals surface area (Å²) in [7, 11) is 1.56. The largest absolute Gasteiger partial charge is 0.444 e. The monoisotopic (exact) mass is 298 g/mol. The summed E-state index contributed by atoms with van der Waals surface area (Å²) in [5.41, 5.74) is -0.563. The molecule has 0 N–H and O–H groups in total. The highest BCUT2D eigenvalue weighted by Gasteiger charge is 2.34. The molecule has 8 heteroatoms. The van der Waals surface area contributed by atoms with E-state index in [9.17, 15) is 13.2 Å². The zero-order valence-electron chi connectivity index (χ0n) is 11.0. The van der Waals surface area contributed by atoms with Crippen LogP contribution in [0.2, 0.25) is 0 Å². The predicted octanol–water partition coefficient (Wildman–Crippen LogP) is 1.41. The lowest BCUT2D eigenvalue weighted by molar-refractivity contribution is 0.00875. The molecule has 0 spiro atoms. The van der Waals surface area contributed by atoms with Crippen molar-refractivity contribution in [3.63, 3.8) is 0 Å². The molecule has 0 aliphatic carbocycles. The standard InChI is InChI=1S/C10H19ClN2O4S/c1-8-7-12(18(11,15)16)5-6-13(8)9(14)17-10(2,3)4/h8H,5-7H2,1-4H3/t8-/m1/s1. The van der Waals surface area contributed by atoms with Crippen LogP contribution >= 0.6 is 10.7 Å². The SMILES string of the molecule is C[C@@H]1CN(S(=O)(=O)Cl)CCN1C(=O)OC(C)(C)C. The summed E-state index contributed by atoms with van der Waals surface area (Å²) in [5.74, 6) is 0. The first kappa shape index (κ1) is 15.5. The predicted molar refractivity (Wildman–Crippen MR) is 68.7 cm³/mol. The molecule has 6 nitrogen and oxygen atoms in total. The molecule has 1 fully saturated rings. The summed E-state index contributed by atoms with van der Waals surface area (Å²) in [6, 6.07) is -0.262. The molecule has 18 heavy (non-hydrogen) atoms. The van der Waals surface area contributed by atoms with E-state index in [4.69, 9.17) is 15.4 Å². The Bertz CT molecular complexity index is 418. The Morgan fingerprint density at radius 2 is 1.89 bits per heavy atom. The molecule has 0 radical (unpaired) electrons. The maximum absolute atomic E-state index is 11.9. The van der Waals surface area contributed by atoms with E-state index in [1.165, 1.54) is 4.90 Å². The number of halogens is 1. The maximum atomic E-state index is 11.9. The van der Waals surface area contributed by atoms with Gasteiger partial charge in [-0.25, -0.2) is 4.79 Å². The number of nitrogens with zero attached hydrogens (tertiary/aromatic N) is 2. The first-order chi connectivity index (χ1) is 8.00. The number of carbonyl (C=O) groups is 1. The summed E-state index contributed by atoms with van der Waals surface area (Å²) in [4.78, 5) is 13.4. The second kappa shape index (κ2) is 5.22. The summed E-state index contributed by atoms with van der Waals surface area (Å²) < 4.78 is 28.8. The van der Waals surface area contributed by atoms with Gasteiger partial charge in [-0.05, 0) is 27.7 Å². The Hall–Kier alpha value is -0.530. The van der Waals surface area contributed by atoms with Crippen molar-refractivity contribution < 1.29 is 17.9 Å². The van der Waals surface area contributed by atoms with E-state index in [-0.39, 0.29) is 25.7 Å². The molecule has 1 amide bonds. The molecule has 1 saturated heterocycles. The van der Waals surface area contributed by atoms with Crippen LogP contribution in [0.25, 0.3) is 0 Å². The van der Waals surface area contributed by atoms with E-state index < -0.39 is 20.9 Å². The lowest BCUT2D eigenvalue weighted by atomic mass is 10.2. The molecule has 1 rings (SSSR count). The molecule has 1 aliphatic heterocycles. The minimum absolute atomic E-state index is 0.186. The minimum Gasteiger partial charge on any atom is -0.444 e. The number of piperazine rings is 1. The smallest absolute Gasteiger partial charge is 0.410 e. The summed E-state index contributed by atoms with van der Waals surface area (Å²) >= 11 is 0. The van der Waals surface area contributed by atoms with Crippen LogP contribution in [-0.4, -0.2) is 55.0 Å². The van der Waals surface area contributed by atoms with Crippen molar-refractivity contribution in [2.75, 3.05) is 19.6 Å². The van der Waals surface area contributed by atoms with Gasteiger partial charge in [0.2, 0.25) is 0 Å². The van der Waals surface area contributed by atoms with E-state index in [2.05, 4.69) is 0 Å². The Morgan fingerprint density at radius 1 is 1.33 bits per heavy atom. The lowest BCUT2D eigenvalue weighted by Crippen LogP contribution is -2.55. The molecule has 106 valence electrons. The third kappa shape index (κ3) is 4.29. The fourth-order valence-corrected chi connectivity index (χ4v) is 2.78. The van der Waals surface area contributed by atoms with E-state index in [1.54, 1.807) is 27.7 Å². The topological polar surface area (TPSA) is 66.9 Å². The molecule has 0 bridgehead atoms. The normalized spacial score (nSPS) is 22.9. The average Bonchev–Trinajstić information content (AvgIpc) is 2.12. The summed E-state index contributed by atoms with van der Waals surface area (Å²) in [6.45, 7) is 7.78. The first-order valence-electron chi connectivity index (χ1n) is 5.70. The Kier molecular flexibility index (Phi) is 4.51. The molecule has 0 aromatic heterocycles. The van der Waals surface area contributed by atoms with Crippen molar-refractivity contribution in [2.45, 2.75) is 39.3 Å². The molecule has 0 aromatic carbocycles. The molecule has 0 saturated carbocycles. The molecule has 1 atom stereocenters. The van der Waals surface area contributed by atoms with Crippen molar-refractivity contribution >= 4 is 26.0 Å². The fourth-order valence-electron chi connectivity index (χ4n) is 1.71. The van der Waals surface area contributed by atoms with Gasteiger partial charge in [-0.15, -0.1) is 0 Å². The highest BCUT2D eigenvalue weighted by molar-refractivity contribution is 8.11. The van der Waals surface area contributed by atoms with Gasteiger partial charge in [-0.3, -0.25) is 0 Å². The number of carbonyl (C=O) groups excluding carboxylic acids is 1. The molecule has 1 aliphatic rings. The molecule has 1 heterocycles. The molecular weight excluding hydrogens is 280 g/mol. The number of hydrogen-bond donors (Lipinski definition) is 0. The third-order valence-corrected chi connectivity index (χ3v) is 4.06. The van der Waals surface area contributed by atoms with E-state index in [0.717, 1.165) is 4.31 Å². The van der Waals surface area contributed by atoms with Crippen LogP contribution in [0.5, 0.6) is 0 Å². The number of ether oxygens (including phenoxy) is 1. The molecular formula is C10H19ClN2O4S. The Balaban J connectivity index is 2.66. The second-order valence-corrected chi connectivity index (χ2v) is 7.83. The molecule has 0 unspecified atom stereocenters. The van der Waals surface area contributed by atoms with Crippen molar-refractivity contribution in [3.05, 3.63) is 0 Å². The number of rotatable bonds is 1. The molecule has 0 aromatic rings. The van der Waals surface area contributed by atoms with Gasteiger partial charge < -0.3 is 9.64 Å². The van der Waals surface area contributed by atoms with Crippen molar-refractivity contribution in [1.82, 2.24) is 9.21 Å². The highest BCUT2D eigenvalue weighted by Crippen LogP contribution is 2.18. The van der Waals surface area contributed by atoms with Crippen molar-refractivity contribution in [3.8, 4) is 0 Å². The van der Waals surface area contributed by atoms with Crippen LogP contribution in [0.3, 0.4) is 0 Å². The van der Waals surface area contributed by atoms with Crippen LogP contribution in [0.1, 0.15) is 27.7 Å².